The number of rotatable bonds is 4. The normalized spacial score (nSPS) is 10.4. The summed E-state index contributed by atoms with van der Waals surface area (Å²) in [7, 11) is 0. The molecule has 0 saturated carbocycles. The van der Waals surface area contributed by atoms with Crippen molar-refractivity contribution in [1.82, 2.24) is 9.36 Å². The van der Waals surface area contributed by atoms with E-state index in [0.717, 1.165) is 16.6 Å². The zero-order valence-corrected chi connectivity index (χ0v) is 10.7. The van der Waals surface area contributed by atoms with Crippen LogP contribution in [0.2, 0.25) is 0 Å². The number of aromatic carboxylic acids is 1. The van der Waals surface area contributed by atoms with Gasteiger partial charge in [-0.1, -0.05) is 30.8 Å². The van der Waals surface area contributed by atoms with Crippen molar-refractivity contribution in [2.24, 2.45) is 0 Å². The maximum absolute atomic E-state index is 11.0. The summed E-state index contributed by atoms with van der Waals surface area (Å²) < 4.78 is 4.94. The molecule has 0 spiro atoms. The van der Waals surface area contributed by atoms with E-state index in [2.05, 4.69) is 9.36 Å². The van der Waals surface area contributed by atoms with Crippen molar-refractivity contribution >= 4 is 29.3 Å². The quantitative estimate of drug-likeness (QED) is 0.921. The molecule has 0 bridgehead atoms. The number of hydrogen-bond acceptors (Lipinski definition) is 5. The molecule has 0 unspecified atom stereocenters. The largest absolute Gasteiger partial charge is 0.478 e. The molecule has 4 nitrogen and oxygen atoms in total. The van der Waals surface area contributed by atoms with Crippen LogP contribution in [0.5, 0.6) is 0 Å². The fraction of sp³-hybridized carbons (Fsp3) is 0.182. The highest BCUT2D eigenvalue weighted by Crippen LogP contribution is 2.31. The van der Waals surface area contributed by atoms with E-state index in [-0.39, 0.29) is 0 Å². The first-order chi connectivity index (χ1) is 8.20. The molecule has 0 aliphatic heterocycles. The van der Waals surface area contributed by atoms with Crippen molar-refractivity contribution in [3.8, 4) is 0 Å². The summed E-state index contributed by atoms with van der Waals surface area (Å²) in [4.78, 5) is 16.0. The van der Waals surface area contributed by atoms with Crippen LogP contribution < -0.4 is 0 Å². The average Bonchev–Trinajstić information content (AvgIpc) is 2.77. The van der Waals surface area contributed by atoms with Crippen molar-refractivity contribution in [3.63, 3.8) is 0 Å². The number of carbonyl (C=O) groups is 1. The molecule has 2 aromatic rings. The second kappa shape index (κ2) is 5.29. The van der Waals surface area contributed by atoms with E-state index in [1.165, 1.54) is 23.3 Å². The summed E-state index contributed by atoms with van der Waals surface area (Å²) in [5.41, 5.74) is 0.297. The van der Waals surface area contributed by atoms with Crippen LogP contribution >= 0.6 is 23.3 Å². The minimum absolute atomic E-state index is 0.297. The van der Waals surface area contributed by atoms with E-state index in [1.54, 1.807) is 18.2 Å². The van der Waals surface area contributed by atoms with E-state index >= 15 is 0 Å². The number of hydrogen-bond donors (Lipinski definition) is 1. The Balaban J connectivity index is 2.26. The van der Waals surface area contributed by atoms with Gasteiger partial charge in [-0.15, -0.1) is 0 Å². The van der Waals surface area contributed by atoms with Crippen LogP contribution in [0, 0.1) is 0 Å². The maximum Gasteiger partial charge on any atom is 0.336 e. The summed E-state index contributed by atoms with van der Waals surface area (Å²) >= 11 is 2.64. The molecule has 1 aromatic heterocycles. The molecule has 2 rings (SSSR count). The lowest BCUT2D eigenvalue weighted by atomic mass is 10.2. The van der Waals surface area contributed by atoms with Gasteiger partial charge >= 0.3 is 5.97 Å². The minimum atomic E-state index is -0.923. The fourth-order valence-corrected chi connectivity index (χ4v) is 3.03. The molecular weight excluding hydrogens is 256 g/mol. The molecule has 0 amide bonds. The lowest BCUT2D eigenvalue weighted by Gasteiger charge is -2.01. The third kappa shape index (κ3) is 2.83. The Morgan fingerprint density at radius 2 is 2.24 bits per heavy atom. The summed E-state index contributed by atoms with van der Waals surface area (Å²) in [5, 5.41) is 9.05. The van der Waals surface area contributed by atoms with Gasteiger partial charge in [0, 0.05) is 11.3 Å². The SMILES string of the molecule is CCc1nsc(Sc2ccccc2C(=O)O)n1. The second-order valence-corrected chi connectivity index (χ2v) is 5.27. The van der Waals surface area contributed by atoms with Crippen LogP contribution in [0.15, 0.2) is 33.5 Å². The highest BCUT2D eigenvalue weighted by atomic mass is 32.2. The summed E-state index contributed by atoms with van der Waals surface area (Å²) in [6.07, 6.45) is 0.789. The molecule has 0 atom stereocenters. The summed E-state index contributed by atoms with van der Waals surface area (Å²) in [6, 6.07) is 6.90. The lowest BCUT2D eigenvalue weighted by molar-refractivity contribution is 0.0693. The van der Waals surface area contributed by atoms with Crippen molar-refractivity contribution in [2.75, 3.05) is 0 Å². The van der Waals surface area contributed by atoms with Gasteiger partial charge in [0.05, 0.1) is 5.56 Å². The number of carboxylic acid groups (broad SMARTS) is 1. The molecule has 0 fully saturated rings. The van der Waals surface area contributed by atoms with Gasteiger partial charge in [0.25, 0.3) is 0 Å². The number of benzene rings is 1. The Hall–Kier alpha value is -1.40. The maximum atomic E-state index is 11.0. The Labute approximate surface area is 107 Å². The second-order valence-electron chi connectivity index (χ2n) is 3.23. The van der Waals surface area contributed by atoms with Crippen LogP contribution in [-0.2, 0) is 6.42 Å². The Bertz CT molecular complexity index is 540. The van der Waals surface area contributed by atoms with Crippen LogP contribution in [0.25, 0.3) is 0 Å². The van der Waals surface area contributed by atoms with Crippen LogP contribution in [0.1, 0.15) is 23.1 Å². The van der Waals surface area contributed by atoms with E-state index in [0.29, 0.717) is 10.5 Å². The first kappa shape index (κ1) is 12.1. The Morgan fingerprint density at radius 3 is 2.88 bits per heavy atom. The molecule has 1 heterocycles. The first-order valence-corrected chi connectivity index (χ1v) is 6.62. The molecule has 0 radical (unpaired) electrons. The van der Waals surface area contributed by atoms with Crippen molar-refractivity contribution < 1.29 is 9.90 Å². The number of carboxylic acids is 1. The van der Waals surface area contributed by atoms with Gasteiger partial charge in [0.15, 0.2) is 4.34 Å². The Kier molecular flexibility index (Phi) is 3.75. The van der Waals surface area contributed by atoms with Crippen LogP contribution in [0.3, 0.4) is 0 Å². The zero-order valence-electron chi connectivity index (χ0n) is 9.08. The first-order valence-electron chi connectivity index (χ1n) is 5.03. The molecule has 0 aliphatic rings. The third-order valence-corrected chi connectivity index (χ3v) is 3.95. The molecule has 6 heteroatoms. The van der Waals surface area contributed by atoms with Crippen molar-refractivity contribution in [2.45, 2.75) is 22.6 Å². The molecule has 88 valence electrons. The summed E-state index contributed by atoms with van der Waals surface area (Å²) in [5.74, 6) is -0.126. The molecule has 0 aliphatic carbocycles. The molecule has 0 saturated heterocycles. The van der Waals surface area contributed by atoms with E-state index in [4.69, 9.17) is 5.11 Å². The number of aryl methyl sites for hydroxylation is 1. The lowest BCUT2D eigenvalue weighted by Crippen LogP contribution is -1.97. The summed E-state index contributed by atoms with van der Waals surface area (Å²) in [6.45, 7) is 1.99. The molecule has 1 N–H and O–H groups in total. The van der Waals surface area contributed by atoms with Crippen LogP contribution in [0.4, 0.5) is 0 Å². The third-order valence-electron chi connectivity index (χ3n) is 2.08. The smallest absolute Gasteiger partial charge is 0.336 e. The predicted molar refractivity (Wildman–Crippen MR) is 66.8 cm³/mol. The van der Waals surface area contributed by atoms with Crippen LogP contribution in [-0.4, -0.2) is 20.4 Å². The van der Waals surface area contributed by atoms with Gasteiger partial charge in [-0.2, -0.15) is 4.37 Å². The monoisotopic (exact) mass is 266 g/mol. The van der Waals surface area contributed by atoms with Gasteiger partial charge in [0.1, 0.15) is 5.82 Å². The molecule has 1 aromatic carbocycles. The topological polar surface area (TPSA) is 63.1 Å². The van der Waals surface area contributed by atoms with Gasteiger partial charge in [-0.25, -0.2) is 9.78 Å². The average molecular weight is 266 g/mol. The van der Waals surface area contributed by atoms with E-state index in [9.17, 15) is 4.79 Å². The van der Waals surface area contributed by atoms with E-state index in [1.807, 2.05) is 13.0 Å². The number of nitrogens with zero attached hydrogens (tertiary/aromatic N) is 2. The fourth-order valence-electron chi connectivity index (χ4n) is 1.25. The van der Waals surface area contributed by atoms with Gasteiger partial charge in [-0.05, 0) is 23.7 Å². The van der Waals surface area contributed by atoms with Crippen molar-refractivity contribution in [1.29, 1.82) is 0 Å². The van der Waals surface area contributed by atoms with Gasteiger partial charge < -0.3 is 5.11 Å². The molecular formula is C11H10N2O2S2. The van der Waals surface area contributed by atoms with E-state index < -0.39 is 5.97 Å². The highest BCUT2D eigenvalue weighted by molar-refractivity contribution is 8.01. The predicted octanol–water partition coefficient (Wildman–Crippen LogP) is 2.95. The van der Waals surface area contributed by atoms with Gasteiger partial charge in [0.2, 0.25) is 0 Å². The number of aromatic nitrogens is 2. The Morgan fingerprint density at radius 1 is 1.47 bits per heavy atom. The van der Waals surface area contributed by atoms with Gasteiger partial charge in [-0.3, -0.25) is 0 Å². The minimum Gasteiger partial charge on any atom is -0.478 e. The highest BCUT2D eigenvalue weighted by Gasteiger charge is 2.12. The standard InChI is InChI=1S/C11H10N2O2S2/c1-2-9-12-11(17-13-9)16-8-6-4-3-5-7(8)10(14)15/h3-6H,2H2,1H3,(H,14,15). The zero-order chi connectivity index (χ0) is 12.3. The van der Waals surface area contributed by atoms with Crippen molar-refractivity contribution in [3.05, 3.63) is 35.7 Å². The molecule has 17 heavy (non-hydrogen) atoms.